The van der Waals surface area contributed by atoms with Crippen molar-refractivity contribution >= 4 is 0 Å². The zero-order chi connectivity index (χ0) is 24.2. The summed E-state index contributed by atoms with van der Waals surface area (Å²) in [6.07, 6.45) is 25.3. The average Bonchev–Trinajstić information content (AvgIpc) is 2.93. The summed E-state index contributed by atoms with van der Waals surface area (Å²) in [6, 6.07) is 6.27. The Bertz CT molecular complexity index is 698. The molecule has 2 heteroatoms. The van der Waals surface area contributed by atoms with Gasteiger partial charge in [0.15, 0.2) is 0 Å². The molecule has 194 valence electrons. The Kier molecular flexibility index (Phi) is 11.8. The summed E-state index contributed by atoms with van der Waals surface area (Å²) < 4.78 is 0. The lowest BCUT2D eigenvalue weighted by Crippen LogP contribution is -2.42. The molecule has 0 bridgehead atoms. The van der Waals surface area contributed by atoms with E-state index in [4.69, 9.17) is 0 Å². The monoisotopic (exact) mass is 470 g/mol. The smallest absolute Gasteiger partial charge is 0.118 e. The van der Waals surface area contributed by atoms with E-state index < -0.39 is 0 Å². The van der Waals surface area contributed by atoms with Crippen LogP contribution in [0, 0.1) is 17.3 Å². The van der Waals surface area contributed by atoms with Crippen LogP contribution >= 0.6 is 0 Å². The van der Waals surface area contributed by atoms with Gasteiger partial charge >= 0.3 is 0 Å². The Labute approximate surface area is 210 Å². The highest BCUT2D eigenvalue weighted by Crippen LogP contribution is 2.52. The number of rotatable bonds is 11. The highest BCUT2D eigenvalue weighted by Gasteiger charge is 2.44. The zero-order valence-electron chi connectivity index (χ0n) is 22.5. The number of unbranched alkanes of at least 4 members (excludes halogenated alkanes) is 6. The van der Waals surface area contributed by atoms with Gasteiger partial charge in [-0.05, 0) is 85.8 Å². The Morgan fingerprint density at radius 1 is 0.853 bits per heavy atom. The summed E-state index contributed by atoms with van der Waals surface area (Å²) in [5, 5.41) is 21.7. The van der Waals surface area contributed by atoms with E-state index >= 15 is 0 Å². The molecule has 2 saturated carbocycles. The maximum absolute atomic E-state index is 11.0. The number of aliphatic hydroxyl groups excluding tert-OH is 1. The van der Waals surface area contributed by atoms with Crippen molar-refractivity contribution < 1.29 is 10.2 Å². The van der Waals surface area contributed by atoms with Crippen LogP contribution in [0.2, 0.25) is 0 Å². The number of aliphatic hydroxyl groups is 1. The van der Waals surface area contributed by atoms with E-state index in [0.717, 1.165) is 37.2 Å². The number of aromatic hydroxyl groups is 1. The van der Waals surface area contributed by atoms with Crippen LogP contribution in [0.3, 0.4) is 0 Å². The second kappa shape index (κ2) is 14.5. The van der Waals surface area contributed by atoms with Gasteiger partial charge in [-0.2, -0.15) is 0 Å². The molecule has 0 aromatic heterocycles. The molecule has 2 N–H and O–H groups in total. The highest BCUT2D eigenvalue weighted by molar-refractivity contribution is 5.36. The van der Waals surface area contributed by atoms with Crippen molar-refractivity contribution in [3.05, 3.63) is 29.3 Å². The second-order valence-electron chi connectivity index (χ2n) is 11.9. The summed E-state index contributed by atoms with van der Waals surface area (Å²) in [6.45, 7) is 4.67. The number of phenolic OH excluding ortho intramolecular Hbond substituents is 1. The Balaban J connectivity index is 1.62. The summed E-state index contributed by atoms with van der Waals surface area (Å²) >= 11 is 0. The van der Waals surface area contributed by atoms with Crippen LogP contribution in [0.15, 0.2) is 18.2 Å². The summed E-state index contributed by atoms with van der Waals surface area (Å²) in [4.78, 5) is 0. The van der Waals surface area contributed by atoms with E-state index in [-0.39, 0.29) is 12.0 Å². The van der Waals surface area contributed by atoms with Crippen molar-refractivity contribution in [1.82, 2.24) is 0 Å². The van der Waals surface area contributed by atoms with Gasteiger partial charge in [0.2, 0.25) is 0 Å². The van der Waals surface area contributed by atoms with Crippen LogP contribution in [0.5, 0.6) is 5.75 Å². The van der Waals surface area contributed by atoms with Crippen molar-refractivity contribution in [3.8, 4) is 5.75 Å². The molecule has 0 aliphatic heterocycles. The van der Waals surface area contributed by atoms with Crippen LogP contribution in [0.4, 0.5) is 0 Å². The minimum Gasteiger partial charge on any atom is -0.508 e. The molecular weight excluding hydrogens is 416 g/mol. The van der Waals surface area contributed by atoms with Crippen LogP contribution < -0.4 is 0 Å². The lowest BCUT2D eigenvalue weighted by Gasteiger charge is -2.48. The molecule has 0 heterocycles. The predicted molar refractivity (Wildman–Crippen MR) is 145 cm³/mol. The van der Waals surface area contributed by atoms with E-state index in [2.05, 4.69) is 26.0 Å². The average molecular weight is 471 g/mol. The number of hydrogen-bond acceptors (Lipinski definition) is 2. The van der Waals surface area contributed by atoms with Gasteiger partial charge in [0, 0.05) is 0 Å². The van der Waals surface area contributed by atoms with Gasteiger partial charge in [-0.1, -0.05) is 103 Å². The number of phenols is 1. The van der Waals surface area contributed by atoms with Crippen LogP contribution in [-0.2, 0) is 12.8 Å². The van der Waals surface area contributed by atoms with Gasteiger partial charge < -0.3 is 10.2 Å². The maximum atomic E-state index is 11.0. The predicted octanol–water partition coefficient (Wildman–Crippen LogP) is 9.15. The molecule has 34 heavy (non-hydrogen) atoms. The quantitative estimate of drug-likeness (QED) is 0.316. The second-order valence-corrected chi connectivity index (χ2v) is 11.9. The van der Waals surface area contributed by atoms with Crippen molar-refractivity contribution in [1.29, 1.82) is 0 Å². The molecule has 0 amide bonds. The molecule has 1 aromatic rings. The fourth-order valence-corrected chi connectivity index (χ4v) is 7.31. The zero-order valence-corrected chi connectivity index (χ0v) is 22.5. The maximum Gasteiger partial charge on any atom is 0.118 e. The third-order valence-corrected chi connectivity index (χ3v) is 9.43. The van der Waals surface area contributed by atoms with E-state index in [1.165, 1.54) is 108 Å². The first-order valence-electron chi connectivity index (χ1n) is 15.1. The fraction of sp³-hybridized carbons (Fsp3) is 0.812. The van der Waals surface area contributed by atoms with Gasteiger partial charge in [0.05, 0.1) is 6.10 Å². The minimum absolute atomic E-state index is 0.220. The van der Waals surface area contributed by atoms with Crippen LogP contribution in [-0.4, -0.2) is 16.3 Å². The van der Waals surface area contributed by atoms with Crippen molar-refractivity contribution in [2.45, 2.75) is 148 Å². The van der Waals surface area contributed by atoms with E-state index in [0.29, 0.717) is 11.2 Å². The van der Waals surface area contributed by atoms with Crippen LogP contribution in [0.25, 0.3) is 0 Å². The lowest BCUT2D eigenvalue weighted by atomic mass is 9.58. The molecule has 2 aliphatic carbocycles. The van der Waals surface area contributed by atoms with Gasteiger partial charge in [0.25, 0.3) is 0 Å². The van der Waals surface area contributed by atoms with Gasteiger partial charge in [-0.3, -0.25) is 0 Å². The Hall–Kier alpha value is -1.02. The first-order valence-corrected chi connectivity index (χ1v) is 15.1. The summed E-state index contributed by atoms with van der Waals surface area (Å²) in [5.74, 6) is 1.51. The van der Waals surface area contributed by atoms with Crippen molar-refractivity contribution in [3.63, 3.8) is 0 Å². The molecular formula is C32H54O2. The standard InChI is InChI=1S/C32H54O2/c1-3-5-6-7-8-10-13-16-26-18-19-30(33)27(23-26)24-28-25-32(22-20-31(28)34)21-15-12-9-11-14-17-29(32)4-2/h18-19,23,28-29,31,33-34H,3-17,20-22,24-25H2,1-2H3. The molecule has 1 spiro atoms. The molecule has 3 rings (SSSR count). The minimum atomic E-state index is -0.220. The van der Waals surface area contributed by atoms with Gasteiger partial charge in [-0.15, -0.1) is 0 Å². The molecule has 4 unspecified atom stereocenters. The first kappa shape index (κ1) is 27.6. The topological polar surface area (TPSA) is 40.5 Å². The molecule has 0 saturated heterocycles. The van der Waals surface area contributed by atoms with Gasteiger partial charge in [-0.25, -0.2) is 0 Å². The number of aryl methyl sites for hydroxylation is 1. The number of benzene rings is 1. The van der Waals surface area contributed by atoms with E-state index in [9.17, 15) is 10.2 Å². The third kappa shape index (κ3) is 8.00. The molecule has 2 aliphatic rings. The van der Waals surface area contributed by atoms with Gasteiger partial charge in [0.1, 0.15) is 5.75 Å². The molecule has 4 atom stereocenters. The van der Waals surface area contributed by atoms with E-state index in [1.54, 1.807) is 0 Å². The normalized spacial score (nSPS) is 28.4. The van der Waals surface area contributed by atoms with E-state index in [1.807, 2.05) is 6.07 Å². The third-order valence-electron chi connectivity index (χ3n) is 9.43. The molecule has 2 nitrogen and oxygen atoms in total. The molecule has 2 fully saturated rings. The highest BCUT2D eigenvalue weighted by atomic mass is 16.3. The SMILES string of the molecule is CCCCCCCCCc1ccc(O)c(CC2CC3(CCCCCCCC3CC)CCC2O)c1. The van der Waals surface area contributed by atoms with Crippen molar-refractivity contribution in [2.24, 2.45) is 17.3 Å². The summed E-state index contributed by atoms with van der Waals surface area (Å²) in [5.41, 5.74) is 2.83. The summed E-state index contributed by atoms with van der Waals surface area (Å²) in [7, 11) is 0. The first-order chi connectivity index (χ1) is 16.6. The number of hydrogen-bond donors (Lipinski definition) is 2. The Morgan fingerprint density at radius 3 is 2.38 bits per heavy atom. The van der Waals surface area contributed by atoms with Crippen molar-refractivity contribution in [2.75, 3.05) is 0 Å². The lowest BCUT2D eigenvalue weighted by molar-refractivity contribution is -0.0306. The van der Waals surface area contributed by atoms with Crippen LogP contribution in [0.1, 0.15) is 141 Å². The Morgan fingerprint density at radius 2 is 1.59 bits per heavy atom. The molecule has 1 aromatic carbocycles. The largest absolute Gasteiger partial charge is 0.508 e. The fourth-order valence-electron chi connectivity index (χ4n) is 7.31. The molecule has 0 radical (unpaired) electrons.